The summed E-state index contributed by atoms with van der Waals surface area (Å²) >= 11 is 1.37. The van der Waals surface area contributed by atoms with Crippen LogP contribution in [0.15, 0.2) is 10.7 Å². The number of methoxy groups -OCH3 is 1. The van der Waals surface area contributed by atoms with Crippen molar-refractivity contribution < 1.29 is 9.26 Å². The molecule has 7 nitrogen and oxygen atoms in total. The van der Waals surface area contributed by atoms with E-state index in [2.05, 4.69) is 27.1 Å². The molecule has 1 fully saturated rings. The number of nitrogen functional groups attached to an aromatic ring is 1. The Hall–Kier alpha value is -1.51. The van der Waals surface area contributed by atoms with Gasteiger partial charge in [0.15, 0.2) is 5.13 Å². The van der Waals surface area contributed by atoms with Crippen LogP contribution in [-0.2, 0) is 4.74 Å². The van der Waals surface area contributed by atoms with Crippen LogP contribution in [0.2, 0.25) is 0 Å². The Balaban J connectivity index is 0.000000363. The number of likely N-dealkylation sites (tertiary alicyclic amines) is 1. The molecule has 3 rings (SSSR count). The number of nitrogens with zero attached hydrogens (tertiary/aromatic N) is 4. The second kappa shape index (κ2) is 10.6. The van der Waals surface area contributed by atoms with Crippen LogP contribution in [-0.4, -0.2) is 52.9 Å². The largest absolute Gasteiger partial charge is 0.379 e. The van der Waals surface area contributed by atoms with Crippen molar-refractivity contribution in [3.05, 3.63) is 12.1 Å². The summed E-state index contributed by atoms with van der Waals surface area (Å²) in [6, 6.07) is 0. The first-order valence-corrected chi connectivity index (χ1v) is 9.89. The first kappa shape index (κ1) is 22.5. The van der Waals surface area contributed by atoms with E-state index in [9.17, 15) is 0 Å². The lowest BCUT2D eigenvalue weighted by Gasteiger charge is -2.26. The van der Waals surface area contributed by atoms with Crippen LogP contribution >= 0.6 is 11.3 Å². The Morgan fingerprint density at radius 2 is 1.85 bits per heavy atom. The Labute approximate surface area is 160 Å². The summed E-state index contributed by atoms with van der Waals surface area (Å²) in [6.45, 7) is 12.2. The lowest BCUT2D eigenvalue weighted by molar-refractivity contribution is 0.0397. The van der Waals surface area contributed by atoms with E-state index in [1.54, 1.807) is 13.3 Å². The van der Waals surface area contributed by atoms with Crippen LogP contribution in [0.3, 0.4) is 0 Å². The number of hydrogen-bond acceptors (Lipinski definition) is 8. The zero-order valence-electron chi connectivity index (χ0n) is 17.1. The van der Waals surface area contributed by atoms with Crippen molar-refractivity contribution in [3.8, 4) is 10.7 Å². The van der Waals surface area contributed by atoms with Gasteiger partial charge in [0.1, 0.15) is 0 Å². The SMILES string of the molecule is CC.CN1CCC(c2nc(-c3cnc(N)s3)no2)CC1.COC(C)(C)C. The molecule has 2 N–H and O–H groups in total. The third kappa shape index (κ3) is 7.39. The highest BCUT2D eigenvalue weighted by Crippen LogP contribution is 2.30. The summed E-state index contributed by atoms with van der Waals surface area (Å²) in [6.07, 6.45) is 3.83. The maximum Gasteiger partial charge on any atom is 0.230 e. The fourth-order valence-corrected chi connectivity index (χ4v) is 2.76. The highest BCUT2D eigenvalue weighted by Gasteiger charge is 2.24. The number of rotatable bonds is 2. The molecule has 0 amide bonds. The molecule has 148 valence electrons. The average molecular weight is 384 g/mol. The van der Waals surface area contributed by atoms with Gasteiger partial charge in [-0.25, -0.2) is 4.98 Å². The molecule has 1 aliphatic rings. The second-order valence-corrected chi connectivity index (χ2v) is 7.98. The zero-order chi connectivity index (χ0) is 19.7. The molecule has 0 atom stereocenters. The number of aromatic nitrogens is 3. The first-order valence-electron chi connectivity index (χ1n) is 9.07. The molecule has 0 bridgehead atoms. The second-order valence-electron chi connectivity index (χ2n) is 6.91. The lowest BCUT2D eigenvalue weighted by atomic mass is 9.97. The molecule has 2 aromatic rings. The van der Waals surface area contributed by atoms with Gasteiger partial charge in [-0.2, -0.15) is 4.98 Å². The number of nitrogens with two attached hydrogens (primary N) is 1. The molecule has 0 spiro atoms. The third-order valence-electron chi connectivity index (χ3n) is 3.87. The van der Waals surface area contributed by atoms with E-state index in [-0.39, 0.29) is 5.60 Å². The summed E-state index contributed by atoms with van der Waals surface area (Å²) in [7, 11) is 3.84. The van der Waals surface area contributed by atoms with Gasteiger partial charge in [0.25, 0.3) is 0 Å². The van der Waals surface area contributed by atoms with Gasteiger partial charge < -0.3 is 19.9 Å². The molecular formula is C18H33N5O2S. The number of anilines is 1. The van der Waals surface area contributed by atoms with Crippen LogP contribution in [0.25, 0.3) is 10.7 Å². The van der Waals surface area contributed by atoms with E-state index >= 15 is 0 Å². The molecular weight excluding hydrogens is 350 g/mol. The van der Waals surface area contributed by atoms with Crippen LogP contribution in [0, 0.1) is 0 Å². The van der Waals surface area contributed by atoms with Crippen LogP contribution in [0.4, 0.5) is 5.13 Å². The number of thiazole rings is 1. The van der Waals surface area contributed by atoms with Crippen LogP contribution in [0.1, 0.15) is 59.3 Å². The summed E-state index contributed by atoms with van der Waals surface area (Å²) < 4.78 is 10.3. The maximum absolute atomic E-state index is 5.60. The van der Waals surface area contributed by atoms with E-state index in [1.165, 1.54) is 11.3 Å². The van der Waals surface area contributed by atoms with E-state index in [0.29, 0.717) is 16.9 Å². The molecule has 0 radical (unpaired) electrons. The van der Waals surface area contributed by atoms with Gasteiger partial charge in [0, 0.05) is 13.0 Å². The standard InChI is InChI=1S/C11H15N5OS.C5H12O.C2H6/c1-16-4-2-7(3-5-16)10-14-9(15-17-10)8-6-13-11(12)18-8;1-5(2,3)6-4;1-2/h6-7H,2-5H2,1H3,(H2,12,13);1-4H3;1-2H3. The van der Waals surface area contributed by atoms with Gasteiger partial charge in [0.05, 0.1) is 16.7 Å². The molecule has 0 aromatic carbocycles. The molecule has 2 aromatic heterocycles. The Kier molecular flexibility index (Phi) is 9.18. The van der Waals surface area contributed by atoms with E-state index in [0.717, 1.165) is 36.7 Å². The first-order chi connectivity index (χ1) is 12.3. The van der Waals surface area contributed by atoms with Gasteiger partial charge in [-0.3, -0.25) is 0 Å². The van der Waals surface area contributed by atoms with E-state index in [4.69, 9.17) is 15.0 Å². The minimum atomic E-state index is 0.0417. The lowest BCUT2D eigenvalue weighted by Crippen LogP contribution is -2.29. The topological polar surface area (TPSA) is 90.3 Å². The van der Waals surface area contributed by atoms with Gasteiger partial charge in [-0.1, -0.05) is 30.3 Å². The highest BCUT2D eigenvalue weighted by molar-refractivity contribution is 7.18. The van der Waals surface area contributed by atoms with Gasteiger partial charge in [-0.05, 0) is 53.8 Å². The Morgan fingerprint density at radius 1 is 1.27 bits per heavy atom. The molecule has 3 heterocycles. The van der Waals surface area contributed by atoms with Crippen LogP contribution in [0.5, 0.6) is 0 Å². The predicted molar refractivity (Wildman–Crippen MR) is 107 cm³/mol. The maximum atomic E-state index is 5.60. The Morgan fingerprint density at radius 3 is 2.31 bits per heavy atom. The predicted octanol–water partition coefficient (Wildman–Crippen LogP) is 4.04. The Bertz CT molecular complexity index is 628. The van der Waals surface area contributed by atoms with Crippen molar-refractivity contribution in [1.29, 1.82) is 0 Å². The summed E-state index contributed by atoms with van der Waals surface area (Å²) in [5, 5.41) is 4.53. The minimum absolute atomic E-state index is 0.0417. The van der Waals surface area contributed by atoms with Gasteiger partial charge in [0.2, 0.25) is 11.7 Å². The number of ether oxygens (including phenoxy) is 1. The van der Waals surface area contributed by atoms with E-state index < -0.39 is 0 Å². The van der Waals surface area contributed by atoms with Crippen molar-refractivity contribution in [2.75, 3.05) is 33.0 Å². The van der Waals surface area contributed by atoms with Crippen molar-refractivity contribution in [2.24, 2.45) is 0 Å². The average Bonchev–Trinajstić information content (AvgIpc) is 3.26. The molecule has 0 saturated carbocycles. The number of hydrogen-bond donors (Lipinski definition) is 1. The van der Waals surface area contributed by atoms with Gasteiger partial charge in [-0.15, -0.1) is 0 Å². The molecule has 26 heavy (non-hydrogen) atoms. The van der Waals surface area contributed by atoms with Gasteiger partial charge >= 0.3 is 0 Å². The zero-order valence-corrected chi connectivity index (χ0v) is 17.9. The van der Waals surface area contributed by atoms with E-state index in [1.807, 2.05) is 34.6 Å². The molecule has 8 heteroatoms. The van der Waals surface area contributed by atoms with Crippen molar-refractivity contribution in [3.63, 3.8) is 0 Å². The van der Waals surface area contributed by atoms with Crippen molar-refractivity contribution in [1.82, 2.24) is 20.0 Å². The summed E-state index contributed by atoms with van der Waals surface area (Å²) in [5.74, 6) is 1.72. The highest BCUT2D eigenvalue weighted by atomic mass is 32.1. The molecule has 0 unspecified atom stereocenters. The minimum Gasteiger partial charge on any atom is -0.379 e. The van der Waals surface area contributed by atoms with Crippen molar-refractivity contribution >= 4 is 16.5 Å². The molecule has 0 aliphatic carbocycles. The smallest absolute Gasteiger partial charge is 0.230 e. The third-order valence-corrected chi connectivity index (χ3v) is 4.69. The fraction of sp³-hybridized carbons (Fsp3) is 0.722. The van der Waals surface area contributed by atoms with Crippen LogP contribution < -0.4 is 5.73 Å². The molecule has 1 aliphatic heterocycles. The van der Waals surface area contributed by atoms with Crippen molar-refractivity contribution in [2.45, 2.75) is 59.0 Å². The number of piperidine rings is 1. The summed E-state index contributed by atoms with van der Waals surface area (Å²) in [4.78, 5) is 11.6. The fourth-order valence-electron chi connectivity index (χ4n) is 2.15. The quantitative estimate of drug-likeness (QED) is 0.837. The normalized spacial score (nSPS) is 15.7. The molecule has 1 saturated heterocycles. The monoisotopic (exact) mass is 383 g/mol. The summed E-state index contributed by atoms with van der Waals surface area (Å²) in [5.41, 5.74) is 5.64.